The van der Waals surface area contributed by atoms with Gasteiger partial charge in [-0.3, -0.25) is 0 Å². The average Bonchev–Trinajstić information content (AvgIpc) is 2.72. The van der Waals surface area contributed by atoms with Crippen LogP contribution in [-0.2, 0) is 0 Å². The fourth-order valence-electron chi connectivity index (χ4n) is 6.28. The molecule has 3 N–H and O–H groups in total. The van der Waals surface area contributed by atoms with E-state index in [1.165, 1.54) is 0 Å². The highest BCUT2D eigenvalue weighted by molar-refractivity contribution is 7.18. The monoisotopic (exact) mass is 285 g/mol. The van der Waals surface area contributed by atoms with E-state index in [0.717, 1.165) is 32.1 Å². The normalized spacial score (nSPS) is 67.1. The Morgan fingerprint density at radius 2 is 1.89 bits per heavy atom. The molecular weight excluding hydrogens is 260 g/mol. The lowest BCUT2D eigenvalue weighted by Crippen LogP contribution is -2.69. The summed E-state index contributed by atoms with van der Waals surface area (Å²) in [6.07, 6.45) is 5.34. The van der Waals surface area contributed by atoms with Gasteiger partial charge in [-0.2, -0.15) is 0 Å². The Hall–Kier alpha value is 0.280. The second-order valence-corrected chi connectivity index (χ2v) is 8.88. The molecule has 9 atom stereocenters. The van der Waals surface area contributed by atoms with Gasteiger partial charge in [0.2, 0.25) is 0 Å². The molecule has 0 amide bonds. The third-order valence-electron chi connectivity index (χ3n) is 7.48. The molecule has 0 radical (unpaired) electrons. The lowest BCUT2D eigenvalue weighted by atomic mass is 9.51. The van der Waals surface area contributed by atoms with Crippen molar-refractivity contribution in [3.8, 4) is 0 Å². The van der Waals surface area contributed by atoms with E-state index in [-0.39, 0.29) is 23.0 Å². The van der Waals surface area contributed by atoms with Gasteiger partial charge in [-0.15, -0.1) is 0 Å². The van der Waals surface area contributed by atoms with Crippen molar-refractivity contribution in [2.75, 3.05) is 0 Å². The molecule has 108 valence electrons. The van der Waals surface area contributed by atoms with Gasteiger partial charge in [-0.25, -0.2) is 4.39 Å². The van der Waals surface area contributed by atoms with E-state index in [4.69, 9.17) is 5.73 Å². The average molecular weight is 285 g/mol. The van der Waals surface area contributed by atoms with Crippen molar-refractivity contribution in [1.29, 1.82) is 0 Å². The maximum absolute atomic E-state index is 14.9. The molecule has 19 heavy (non-hydrogen) atoms. The van der Waals surface area contributed by atoms with E-state index >= 15 is 0 Å². The zero-order valence-electron chi connectivity index (χ0n) is 11.6. The van der Waals surface area contributed by atoms with Crippen LogP contribution in [-0.4, -0.2) is 22.2 Å². The molecule has 0 bridgehead atoms. The molecule has 4 heteroatoms. The molecule has 2 nitrogen and oxygen atoms in total. The Labute approximate surface area is 116 Å². The first-order valence-corrected chi connectivity index (χ1v) is 8.32. The van der Waals surface area contributed by atoms with E-state index in [1.807, 2.05) is 0 Å². The molecule has 0 aromatic heterocycles. The van der Waals surface area contributed by atoms with Crippen molar-refractivity contribution in [2.24, 2.45) is 34.8 Å². The van der Waals surface area contributed by atoms with Gasteiger partial charge in [0.05, 0.1) is 6.10 Å². The first-order chi connectivity index (χ1) is 8.80. The molecule has 0 aromatic carbocycles. The van der Waals surface area contributed by atoms with Crippen molar-refractivity contribution in [1.82, 2.24) is 0 Å². The SMILES string of the molecule is CC12CC3C(CCC4C(O)CC43N)C1CCC2(F)P. The number of alkyl halides is 1. The van der Waals surface area contributed by atoms with Gasteiger partial charge < -0.3 is 10.8 Å². The second-order valence-electron chi connectivity index (χ2n) is 7.97. The van der Waals surface area contributed by atoms with Crippen LogP contribution in [0.15, 0.2) is 0 Å². The molecule has 9 unspecified atom stereocenters. The molecule has 4 aliphatic rings. The first-order valence-electron chi connectivity index (χ1n) is 7.74. The van der Waals surface area contributed by atoms with Gasteiger partial charge in [0.1, 0.15) is 5.41 Å². The molecule has 4 saturated carbocycles. The molecule has 0 saturated heterocycles. The first kappa shape index (κ1) is 13.0. The molecular formula is C15H25FNOP. The lowest BCUT2D eigenvalue weighted by Gasteiger charge is -2.59. The number of hydrogen-bond acceptors (Lipinski definition) is 2. The smallest absolute Gasteiger partial charge is 0.129 e. The Balaban J connectivity index is 1.70. The van der Waals surface area contributed by atoms with Crippen LogP contribution in [0.1, 0.15) is 45.4 Å². The van der Waals surface area contributed by atoms with Crippen LogP contribution in [0.4, 0.5) is 4.39 Å². The minimum atomic E-state index is -1.11. The standard InChI is InChI=1S/C15H25FNOP/c1-13-6-11-8(9(13)4-5-15(13,16)19)2-3-10-12(18)7-14(10,11)17/h8-12,18H,2-7,17,19H2,1H3. The third kappa shape index (κ3) is 1.33. The van der Waals surface area contributed by atoms with Crippen LogP contribution in [0.2, 0.25) is 0 Å². The van der Waals surface area contributed by atoms with Crippen molar-refractivity contribution < 1.29 is 9.50 Å². The summed E-state index contributed by atoms with van der Waals surface area (Å²) in [5.74, 6) is 1.80. The van der Waals surface area contributed by atoms with E-state index in [1.54, 1.807) is 0 Å². The Bertz CT molecular complexity index is 430. The van der Waals surface area contributed by atoms with Gasteiger partial charge in [0.15, 0.2) is 0 Å². The molecule has 0 spiro atoms. The highest BCUT2D eigenvalue weighted by Crippen LogP contribution is 2.72. The fraction of sp³-hybridized carbons (Fsp3) is 1.00. The van der Waals surface area contributed by atoms with Crippen molar-refractivity contribution in [3.63, 3.8) is 0 Å². The zero-order valence-corrected chi connectivity index (χ0v) is 12.8. The summed E-state index contributed by atoms with van der Waals surface area (Å²) < 4.78 is 14.9. The number of halogens is 1. The van der Waals surface area contributed by atoms with Crippen LogP contribution in [0.3, 0.4) is 0 Å². The maximum atomic E-state index is 14.9. The predicted molar refractivity (Wildman–Crippen MR) is 76.2 cm³/mol. The van der Waals surface area contributed by atoms with Crippen LogP contribution in [0.25, 0.3) is 0 Å². The van der Waals surface area contributed by atoms with Gasteiger partial charge in [-0.05, 0) is 56.3 Å². The fourth-order valence-corrected chi connectivity index (χ4v) is 6.78. The maximum Gasteiger partial charge on any atom is 0.129 e. The molecule has 4 aliphatic carbocycles. The van der Waals surface area contributed by atoms with Crippen LogP contribution in [0, 0.1) is 29.1 Å². The quantitative estimate of drug-likeness (QED) is 0.672. The van der Waals surface area contributed by atoms with E-state index in [9.17, 15) is 9.50 Å². The lowest BCUT2D eigenvalue weighted by molar-refractivity contribution is -0.119. The highest BCUT2D eigenvalue weighted by atomic mass is 31.0. The van der Waals surface area contributed by atoms with E-state index in [0.29, 0.717) is 24.2 Å². The van der Waals surface area contributed by atoms with Crippen LogP contribution < -0.4 is 5.73 Å². The third-order valence-corrected chi connectivity index (χ3v) is 8.43. The minimum Gasteiger partial charge on any atom is -0.393 e. The number of fused-ring (bicyclic) bond motifs is 5. The Kier molecular flexibility index (Phi) is 2.42. The second kappa shape index (κ2) is 3.54. The topological polar surface area (TPSA) is 46.2 Å². The molecule has 0 aromatic rings. The highest BCUT2D eigenvalue weighted by Gasteiger charge is 2.70. The molecule has 0 aliphatic heterocycles. The number of aliphatic hydroxyl groups is 1. The summed E-state index contributed by atoms with van der Waals surface area (Å²) in [5.41, 5.74) is 6.23. The molecule has 4 fully saturated rings. The summed E-state index contributed by atoms with van der Waals surface area (Å²) in [6, 6.07) is 0. The van der Waals surface area contributed by atoms with Crippen LogP contribution in [0.5, 0.6) is 0 Å². The van der Waals surface area contributed by atoms with Crippen molar-refractivity contribution >= 4 is 9.24 Å². The van der Waals surface area contributed by atoms with E-state index < -0.39 is 5.41 Å². The predicted octanol–water partition coefficient (Wildman–Crippen LogP) is 2.45. The van der Waals surface area contributed by atoms with Crippen molar-refractivity contribution in [2.45, 2.75) is 62.5 Å². The number of nitrogens with two attached hydrogens (primary N) is 1. The summed E-state index contributed by atoms with van der Waals surface area (Å²) >= 11 is 0. The van der Waals surface area contributed by atoms with Gasteiger partial charge >= 0.3 is 0 Å². The Morgan fingerprint density at radius 3 is 2.58 bits per heavy atom. The largest absolute Gasteiger partial charge is 0.393 e. The summed E-state index contributed by atoms with van der Waals surface area (Å²) in [4.78, 5) is 0. The number of rotatable bonds is 0. The Morgan fingerprint density at radius 1 is 1.16 bits per heavy atom. The molecule has 0 heterocycles. The minimum absolute atomic E-state index is 0.198. The van der Waals surface area contributed by atoms with Crippen LogP contribution >= 0.6 is 9.24 Å². The molecule has 4 rings (SSSR count). The van der Waals surface area contributed by atoms with E-state index in [2.05, 4.69) is 16.2 Å². The summed E-state index contributed by atoms with van der Waals surface area (Å²) in [7, 11) is 2.50. The zero-order chi connectivity index (χ0) is 13.6. The number of hydrogen-bond donors (Lipinski definition) is 2. The number of aliphatic hydroxyl groups excluding tert-OH is 1. The van der Waals surface area contributed by atoms with Gasteiger partial charge in [-0.1, -0.05) is 16.2 Å². The van der Waals surface area contributed by atoms with Gasteiger partial charge in [0, 0.05) is 16.9 Å². The summed E-state index contributed by atoms with van der Waals surface area (Å²) in [5, 5.41) is 8.83. The van der Waals surface area contributed by atoms with Crippen molar-refractivity contribution in [3.05, 3.63) is 0 Å². The van der Waals surface area contributed by atoms with Gasteiger partial charge in [0.25, 0.3) is 0 Å². The summed E-state index contributed by atoms with van der Waals surface area (Å²) in [6.45, 7) is 2.14.